The smallest absolute Gasteiger partial charge is 0.305 e. The van der Waals surface area contributed by atoms with E-state index in [4.69, 9.17) is 5.11 Å². The second-order valence-corrected chi connectivity index (χ2v) is 8.05. The Balaban J connectivity index is 1.89. The first kappa shape index (κ1) is 19.5. The Bertz CT molecular complexity index is 823. The summed E-state index contributed by atoms with van der Waals surface area (Å²) >= 11 is 0. The van der Waals surface area contributed by atoms with Crippen LogP contribution in [0.25, 0.3) is 5.57 Å². The van der Waals surface area contributed by atoms with E-state index in [1.54, 1.807) is 18.2 Å². The fourth-order valence-electron chi connectivity index (χ4n) is 4.42. The van der Waals surface area contributed by atoms with Crippen molar-refractivity contribution >= 4 is 11.5 Å². The maximum atomic E-state index is 13.4. The van der Waals surface area contributed by atoms with Crippen LogP contribution in [0.4, 0.5) is 4.39 Å². The van der Waals surface area contributed by atoms with E-state index in [0.717, 1.165) is 23.1 Å². The highest BCUT2D eigenvalue weighted by Gasteiger charge is 2.50. The van der Waals surface area contributed by atoms with Crippen LogP contribution in [0, 0.1) is 16.6 Å². The van der Waals surface area contributed by atoms with Crippen LogP contribution in [0.15, 0.2) is 54.1 Å². The van der Waals surface area contributed by atoms with Gasteiger partial charge in [0, 0.05) is 17.3 Å². The van der Waals surface area contributed by atoms with Crippen LogP contribution in [0.5, 0.6) is 0 Å². The molecule has 3 N–H and O–H groups in total. The molecule has 3 rings (SSSR count). The molecule has 4 atom stereocenters. The van der Waals surface area contributed by atoms with Gasteiger partial charge in [0.15, 0.2) is 0 Å². The van der Waals surface area contributed by atoms with Crippen LogP contribution >= 0.6 is 0 Å². The van der Waals surface area contributed by atoms with Gasteiger partial charge in [-0.1, -0.05) is 50.3 Å². The third-order valence-electron chi connectivity index (χ3n) is 5.55. The van der Waals surface area contributed by atoms with Gasteiger partial charge in [-0.3, -0.25) is 4.79 Å². The molecule has 4 nitrogen and oxygen atoms in total. The highest BCUT2D eigenvalue weighted by atomic mass is 19.1. The second-order valence-electron chi connectivity index (χ2n) is 8.05. The maximum absolute atomic E-state index is 13.4. The Labute approximate surface area is 158 Å². The Morgan fingerprint density at radius 2 is 1.81 bits per heavy atom. The van der Waals surface area contributed by atoms with Crippen LogP contribution in [0.3, 0.4) is 0 Å². The van der Waals surface area contributed by atoms with Crippen molar-refractivity contribution in [1.82, 2.24) is 0 Å². The van der Waals surface area contributed by atoms with Crippen molar-refractivity contribution in [3.63, 3.8) is 0 Å². The molecule has 2 bridgehead atoms. The maximum Gasteiger partial charge on any atom is 0.305 e. The molecule has 0 saturated heterocycles. The number of hydrogen-bond donors (Lipinski definition) is 3. The molecule has 0 amide bonds. The van der Waals surface area contributed by atoms with E-state index in [0.29, 0.717) is 0 Å². The lowest BCUT2D eigenvalue weighted by Gasteiger charge is -2.25. The molecule has 0 spiro atoms. The molecule has 0 aliphatic heterocycles. The number of allylic oxidation sites excluding steroid dienone is 5. The molecule has 0 radical (unpaired) electrons. The van der Waals surface area contributed by atoms with E-state index in [1.807, 2.05) is 6.08 Å². The van der Waals surface area contributed by atoms with Crippen molar-refractivity contribution in [1.29, 1.82) is 0 Å². The predicted molar refractivity (Wildman–Crippen MR) is 101 cm³/mol. The molecule has 1 aromatic rings. The molecule has 5 heteroatoms. The predicted octanol–water partition coefficient (Wildman–Crippen LogP) is 3.71. The monoisotopic (exact) mass is 372 g/mol. The molecule has 4 unspecified atom stereocenters. The van der Waals surface area contributed by atoms with E-state index in [-0.39, 0.29) is 23.1 Å². The van der Waals surface area contributed by atoms with Crippen molar-refractivity contribution < 1.29 is 24.5 Å². The van der Waals surface area contributed by atoms with Gasteiger partial charge >= 0.3 is 5.97 Å². The van der Waals surface area contributed by atoms with Gasteiger partial charge in [-0.05, 0) is 35.3 Å². The highest BCUT2D eigenvalue weighted by Crippen LogP contribution is 2.63. The zero-order valence-corrected chi connectivity index (χ0v) is 15.5. The van der Waals surface area contributed by atoms with E-state index in [1.165, 1.54) is 12.1 Å². The Hall–Kier alpha value is -2.24. The van der Waals surface area contributed by atoms with Gasteiger partial charge in [-0.15, -0.1) is 0 Å². The molecular formula is C22H25FO4. The standard InChI is InChI=1S/C22H25FO4/c1-21-9-10-22(2,13-21)20(14-3-5-15(23)6-4-14)18(21)8-7-16(24)11-17(25)12-19(26)27/h3-10,16-17,24-25H,11-13H2,1-2H3,(H,26,27). The molecule has 27 heavy (non-hydrogen) atoms. The summed E-state index contributed by atoms with van der Waals surface area (Å²) in [6.45, 7) is 4.29. The summed E-state index contributed by atoms with van der Waals surface area (Å²) in [4.78, 5) is 10.6. The molecule has 0 heterocycles. The molecule has 0 aromatic heterocycles. The van der Waals surface area contributed by atoms with Gasteiger partial charge in [0.05, 0.1) is 18.6 Å². The number of aliphatic carboxylic acids is 1. The summed E-state index contributed by atoms with van der Waals surface area (Å²) in [5.74, 6) is -1.38. The minimum atomic E-state index is -1.10. The topological polar surface area (TPSA) is 77.8 Å². The number of hydrogen-bond acceptors (Lipinski definition) is 3. The lowest BCUT2D eigenvalue weighted by molar-refractivity contribution is -0.139. The fourth-order valence-corrected chi connectivity index (χ4v) is 4.42. The summed E-state index contributed by atoms with van der Waals surface area (Å²) in [5.41, 5.74) is 2.80. The third kappa shape index (κ3) is 3.89. The Morgan fingerprint density at radius 3 is 2.44 bits per heavy atom. The zero-order chi connectivity index (χ0) is 19.8. The Kier molecular flexibility index (Phi) is 5.10. The summed E-state index contributed by atoms with van der Waals surface area (Å²) in [5, 5.41) is 28.6. The van der Waals surface area contributed by atoms with E-state index >= 15 is 0 Å². The summed E-state index contributed by atoms with van der Waals surface area (Å²) in [6, 6.07) is 6.44. The average Bonchev–Trinajstić information content (AvgIpc) is 2.99. The molecular weight excluding hydrogens is 347 g/mol. The lowest BCUT2D eigenvalue weighted by Crippen LogP contribution is -2.19. The van der Waals surface area contributed by atoms with Gasteiger partial charge in [0.1, 0.15) is 5.82 Å². The van der Waals surface area contributed by atoms with Gasteiger partial charge in [-0.2, -0.15) is 0 Å². The highest BCUT2D eigenvalue weighted by molar-refractivity contribution is 5.82. The first-order chi connectivity index (χ1) is 12.6. The first-order valence-corrected chi connectivity index (χ1v) is 9.11. The molecule has 2 aliphatic rings. The number of halogens is 1. The number of rotatable bonds is 7. The van der Waals surface area contributed by atoms with Gasteiger partial charge in [0.2, 0.25) is 0 Å². The van der Waals surface area contributed by atoms with Crippen molar-refractivity contribution in [2.75, 3.05) is 0 Å². The summed E-state index contributed by atoms with van der Waals surface area (Å²) in [7, 11) is 0. The van der Waals surface area contributed by atoms with E-state index in [9.17, 15) is 19.4 Å². The quantitative estimate of drug-likeness (QED) is 0.638. The summed E-state index contributed by atoms with van der Waals surface area (Å²) < 4.78 is 13.4. The number of benzene rings is 1. The second kappa shape index (κ2) is 7.06. The minimum absolute atomic E-state index is 0.0359. The normalized spacial score (nSPS) is 28.9. The number of carboxylic acid groups (broad SMARTS) is 1. The van der Waals surface area contributed by atoms with Crippen LogP contribution < -0.4 is 0 Å². The van der Waals surface area contributed by atoms with Crippen molar-refractivity contribution in [3.05, 3.63) is 65.5 Å². The van der Waals surface area contributed by atoms with Crippen LogP contribution in [-0.2, 0) is 4.79 Å². The number of aliphatic hydroxyl groups is 2. The average molecular weight is 372 g/mol. The lowest BCUT2D eigenvalue weighted by atomic mass is 9.79. The van der Waals surface area contributed by atoms with Gasteiger partial charge in [-0.25, -0.2) is 4.39 Å². The minimum Gasteiger partial charge on any atom is -0.481 e. The molecule has 0 saturated carbocycles. The van der Waals surface area contributed by atoms with Crippen LogP contribution in [-0.4, -0.2) is 33.5 Å². The largest absolute Gasteiger partial charge is 0.481 e. The van der Waals surface area contributed by atoms with Crippen LogP contribution in [0.2, 0.25) is 0 Å². The van der Waals surface area contributed by atoms with Crippen molar-refractivity contribution in [2.45, 2.75) is 45.3 Å². The van der Waals surface area contributed by atoms with Gasteiger partial charge < -0.3 is 15.3 Å². The number of aliphatic hydroxyl groups excluding tert-OH is 2. The van der Waals surface area contributed by atoms with E-state index < -0.39 is 24.6 Å². The fraction of sp³-hybridized carbons (Fsp3) is 0.409. The third-order valence-corrected chi connectivity index (χ3v) is 5.55. The number of carbonyl (C=O) groups is 1. The number of carboxylic acids is 1. The first-order valence-electron chi connectivity index (χ1n) is 9.11. The zero-order valence-electron chi connectivity index (χ0n) is 15.5. The molecule has 1 aromatic carbocycles. The molecule has 2 aliphatic carbocycles. The van der Waals surface area contributed by atoms with E-state index in [2.05, 4.69) is 26.0 Å². The van der Waals surface area contributed by atoms with Gasteiger partial charge in [0.25, 0.3) is 0 Å². The van der Waals surface area contributed by atoms with Crippen molar-refractivity contribution in [3.8, 4) is 0 Å². The SMILES string of the molecule is CC12C=CC(C)(C1)C(c1ccc(F)cc1)=C2C=CC(O)CC(O)CC(=O)O. The molecule has 144 valence electrons. The van der Waals surface area contributed by atoms with Crippen LogP contribution in [0.1, 0.15) is 38.7 Å². The number of fused-ring (bicyclic) bond motifs is 2. The van der Waals surface area contributed by atoms with Crippen molar-refractivity contribution in [2.24, 2.45) is 10.8 Å². The molecule has 0 fully saturated rings. The summed E-state index contributed by atoms with van der Waals surface area (Å²) in [6.07, 6.45) is 6.27. The Morgan fingerprint density at radius 1 is 1.19 bits per heavy atom.